The molecular formula is C20H25N3O3S. The molecule has 0 saturated carbocycles. The molecule has 2 heterocycles. The summed E-state index contributed by atoms with van der Waals surface area (Å²) < 4.78 is 5.10. The summed E-state index contributed by atoms with van der Waals surface area (Å²) in [5.74, 6) is 0.852. The van der Waals surface area contributed by atoms with Gasteiger partial charge in [-0.2, -0.15) is 0 Å². The molecule has 1 aliphatic heterocycles. The van der Waals surface area contributed by atoms with E-state index in [-0.39, 0.29) is 11.8 Å². The second-order valence-electron chi connectivity index (χ2n) is 6.46. The van der Waals surface area contributed by atoms with Gasteiger partial charge in [-0.05, 0) is 35.7 Å². The quantitative estimate of drug-likeness (QED) is 0.788. The largest absolute Gasteiger partial charge is 0.497 e. The van der Waals surface area contributed by atoms with Crippen molar-refractivity contribution in [3.63, 3.8) is 0 Å². The van der Waals surface area contributed by atoms with E-state index >= 15 is 0 Å². The van der Waals surface area contributed by atoms with Crippen LogP contribution in [0.15, 0.2) is 41.8 Å². The van der Waals surface area contributed by atoms with E-state index in [0.717, 1.165) is 43.4 Å². The van der Waals surface area contributed by atoms with Crippen molar-refractivity contribution in [3.05, 3.63) is 52.2 Å². The van der Waals surface area contributed by atoms with Gasteiger partial charge >= 0.3 is 0 Å². The number of ether oxygens (including phenoxy) is 1. The highest BCUT2D eigenvalue weighted by Gasteiger charge is 2.21. The number of nitrogens with zero attached hydrogens (tertiary/aromatic N) is 2. The van der Waals surface area contributed by atoms with Crippen LogP contribution < -0.4 is 10.1 Å². The Hall–Kier alpha value is -2.38. The maximum absolute atomic E-state index is 12.3. The van der Waals surface area contributed by atoms with Gasteiger partial charge in [-0.15, -0.1) is 11.3 Å². The Balaban J connectivity index is 1.35. The van der Waals surface area contributed by atoms with Gasteiger partial charge in [0.25, 0.3) is 5.91 Å². The minimum Gasteiger partial charge on any atom is -0.497 e. The average Bonchev–Trinajstić information content (AvgIpc) is 3.21. The monoisotopic (exact) mass is 387 g/mol. The second-order valence-corrected chi connectivity index (χ2v) is 7.50. The van der Waals surface area contributed by atoms with Crippen LogP contribution in [0.3, 0.4) is 0 Å². The first-order valence-corrected chi connectivity index (χ1v) is 9.98. The minimum absolute atomic E-state index is 0.0811. The Morgan fingerprint density at radius 1 is 1.11 bits per heavy atom. The van der Waals surface area contributed by atoms with E-state index in [9.17, 15) is 9.59 Å². The summed E-state index contributed by atoms with van der Waals surface area (Å²) in [6, 6.07) is 11.1. The molecule has 2 amide bonds. The van der Waals surface area contributed by atoms with Crippen LogP contribution in [0.5, 0.6) is 5.75 Å². The zero-order valence-electron chi connectivity index (χ0n) is 15.5. The van der Waals surface area contributed by atoms with Crippen molar-refractivity contribution in [2.45, 2.75) is 6.42 Å². The van der Waals surface area contributed by atoms with Crippen LogP contribution in [-0.2, 0) is 11.2 Å². The molecule has 0 radical (unpaired) electrons. The fourth-order valence-corrected chi connectivity index (χ4v) is 3.76. The molecule has 1 saturated heterocycles. The third-order valence-electron chi connectivity index (χ3n) is 4.70. The Morgan fingerprint density at radius 3 is 2.48 bits per heavy atom. The summed E-state index contributed by atoms with van der Waals surface area (Å²) in [6.45, 7) is 4.55. The molecule has 3 rings (SSSR count). The van der Waals surface area contributed by atoms with Crippen molar-refractivity contribution in [2.24, 2.45) is 0 Å². The number of carbonyl (C=O) groups excluding carboxylic acids is 2. The lowest BCUT2D eigenvalue weighted by atomic mass is 10.2. The topological polar surface area (TPSA) is 61.9 Å². The number of thiophene rings is 1. The lowest BCUT2D eigenvalue weighted by Crippen LogP contribution is -2.50. The highest BCUT2D eigenvalue weighted by Crippen LogP contribution is 2.12. The van der Waals surface area contributed by atoms with Gasteiger partial charge in [-0.1, -0.05) is 6.07 Å². The molecule has 1 aromatic heterocycles. The SMILES string of the molecule is COc1ccc(C(=O)NCCN2CCN(C(=O)Cc3cccs3)CC2)cc1. The lowest BCUT2D eigenvalue weighted by molar-refractivity contribution is -0.132. The molecule has 0 spiro atoms. The molecule has 1 aliphatic rings. The predicted molar refractivity (Wildman–Crippen MR) is 106 cm³/mol. The van der Waals surface area contributed by atoms with E-state index in [1.807, 2.05) is 22.4 Å². The average molecular weight is 388 g/mol. The standard InChI is InChI=1S/C20H25N3O3S/c1-26-17-6-4-16(5-7-17)20(25)21-8-9-22-10-12-23(13-11-22)19(24)15-18-3-2-14-27-18/h2-7,14H,8-13,15H2,1H3,(H,21,25). The van der Waals surface area contributed by atoms with Crippen molar-refractivity contribution in [1.29, 1.82) is 0 Å². The molecule has 0 bridgehead atoms. The molecule has 2 aromatic rings. The van der Waals surface area contributed by atoms with Crippen molar-refractivity contribution < 1.29 is 14.3 Å². The highest BCUT2D eigenvalue weighted by atomic mass is 32.1. The Labute approximate surface area is 163 Å². The number of rotatable bonds is 7. The van der Waals surface area contributed by atoms with Gasteiger partial charge in [0.15, 0.2) is 0 Å². The van der Waals surface area contributed by atoms with E-state index in [1.54, 1.807) is 42.7 Å². The summed E-state index contributed by atoms with van der Waals surface area (Å²) in [5, 5.41) is 4.95. The van der Waals surface area contributed by atoms with E-state index < -0.39 is 0 Å². The zero-order chi connectivity index (χ0) is 19.1. The molecule has 1 fully saturated rings. The van der Waals surface area contributed by atoms with Crippen LogP contribution >= 0.6 is 11.3 Å². The molecule has 144 valence electrons. The van der Waals surface area contributed by atoms with E-state index in [1.165, 1.54) is 0 Å². The molecule has 1 N–H and O–H groups in total. The molecule has 1 aromatic carbocycles. The second kappa shape index (κ2) is 9.53. The van der Waals surface area contributed by atoms with Crippen molar-refractivity contribution in [3.8, 4) is 5.75 Å². The Morgan fingerprint density at radius 2 is 1.85 bits per heavy atom. The van der Waals surface area contributed by atoms with Gasteiger partial charge in [0.1, 0.15) is 5.75 Å². The van der Waals surface area contributed by atoms with Gasteiger partial charge in [-0.25, -0.2) is 0 Å². The van der Waals surface area contributed by atoms with Gasteiger partial charge in [-0.3, -0.25) is 14.5 Å². The first-order chi connectivity index (χ1) is 13.2. The number of piperazine rings is 1. The van der Waals surface area contributed by atoms with Crippen LogP contribution in [0, 0.1) is 0 Å². The van der Waals surface area contributed by atoms with Gasteiger partial charge in [0.2, 0.25) is 5.91 Å². The Kier molecular flexibility index (Phi) is 6.84. The van der Waals surface area contributed by atoms with E-state index in [4.69, 9.17) is 4.74 Å². The van der Waals surface area contributed by atoms with Crippen LogP contribution in [0.2, 0.25) is 0 Å². The molecule has 0 unspecified atom stereocenters. The van der Waals surface area contributed by atoms with Gasteiger partial charge < -0.3 is 15.0 Å². The third-order valence-corrected chi connectivity index (χ3v) is 5.57. The first kappa shape index (κ1) is 19.4. The number of carbonyl (C=O) groups is 2. The predicted octanol–water partition coefficient (Wildman–Crippen LogP) is 1.87. The highest BCUT2D eigenvalue weighted by molar-refractivity contribution is 7.10. The summed E-state index contributed by atoms with van der Waals surface area (Å²) in [7, 11) is 1.60. The summed E-state index contributed by atoms with van der Waals surface area (Å²) in [4.78, 5) is 29.8. The van der Waals surface area contributed by atoms with Crippen LogP contribution in [0.1, 0.15) is 15.2 Å². The van der Waals surface area contributed by atoms with Crippen molar-refractivity contribution in [1.82, 2.24) is 15.1 Å². The molecule has 7 heteroatoms. The summed E-state index contributed by atoms with van der Waals surface area (Å²) in [5.41, 5.74) is 0.625. The molecule has 0 atom stereocenters. The normalized spacial score (nSPS) is 14.8. The maximum Gasteiger partial charge on any atom is 0.251 e. The first-order valence-electron chi connectivity index (χ1n) is 9.10. The smallest absolute Gasteiger partial charge is 0.251 e. The van der Waals surface area contributed by atoms with Crippen LogP contribution in [-0.4, -0.2) is 68.0 Å². The Bertz CT molecular complexity index is 738. The summed E-state index contributed by atoms with van der Waals surface area (Å²) in [6.07, 6.45) is 0.496. The lowest BCUT2D eigenvalue weighted by Gasteiger charge is -2.34. The van der Waals surface area contributed by atoms with E-state index in [0.29, 0.717) is 18.5 Å². The number of methoxy groups -OCH3 is 1. The molecule has 6 nitrogen and oxygen atoms in total. The van der Waals surface area contributed by atoms with Gasteiger partial charge in [0, 0.05) is 49.7 Å². The maximum atomic E-state index is 12.3. The van der Waals surface area contributed by atoms with Crippen LogP contribution in [0.25, 0.3) is 0 Å². The fourth-order valence-electron chi connectivity index (χ4n) is 3.07. The van der Waals surface area contributed by atoms with Gasteiger partial charge in [0.05, 0.1) is 13.5 Å². The number of amides is 2. The third kappa shape index (κ3) is 5.55. The number of hydrogen-bond donors (Lipinski definition) is 1. The van der Waals surface area contributed by atoms with Crippen molar-refractivity contribution >= 4 is 23.2 Å². The zero-order valence-corrected chi connectivity index (χ0v) is 16.3. The summed E-state index contributed by atoms with van der Waals surface area (Å²) >= 11 is 1.62. The number of benzene rings is 1. The number of nitrogens with one attached hydrogen (secondary N) is 1. The van der Waals surface area contributed by atoms with Crippen molar-refractivity contribution in [2.75, 3.05) is 46.4 Å². The molecule has 0 aliphatic carbocycles. The molecule has 27 heavy (non-hydrogen) atoms. The molecular weight excluding hydrogens is 362 g/mol. The van der Waals surface area contributed by atoms with Crippen LogP contribution in [0.4, 0.5) is 0 Å². The fraction of sp³-hybridized carbons (Fsp3) is 0.400. The minimum atomic E-state index is -0.0811. The number of hydrogen-bond acceptors (Lipinski definition) is 5. The van der Waals surface area contributed by atoms with E-state index in [2.05, 4.69) is 10.2 Å².